The predicted octanol–water partition coefficient (Wildman–Crippen LogP) is 8.61. The zero-order chi connectivity index (χ0) is 24.8. The zero-order valence-corrected chi connectivity index (χ0v) is 22.0. The summed E-state index contributed by atoms with van der Waals surface area (Å²) in [5.41, 5.74) is -1.53. The van der Waals surface area contributed by atoms with Crippen LogP contribution >= 0.6 is 62.8 Å². The standard InChI is InChI=1S/C20H7Br2F4N2O3PS2/c21-15-5-17-9(1-11(7-27)33-17)3-13(15)19(23,24)30-32(29)31-20(25,26)14-4-10-2-12(8-28)34-18(10)6-16(14)22/h1-6,32H. The van der Waals surface area contributed by atoms with Crippen LogP contribution < -0.4 is 0 Å². The Morgan fingerprint density at radius 1 is 0.765 bits per heavy atom. The number of nitrogens with zero attached hydrogens (tertiary/aromatic N) is 2. The first-order valence-corrected chi connectivity index (χ1v) is 13.3. The molecule has 0 atom stereocenters. The Kier molecular flexibility index (Phi) is 6.93. The third kappa shape index (κ3) is 4.93. The lowest BCUT2D eigenvalue weighted by Gasteiger charge is -2.22. The van der Waals surface area contributed by atoms with E-state index in [1.54, 1.807) is 0 Å². The van der Waals surface area contributed by atoms with Gasteiger partial charge in [-0.05, 0) is 47.2 Å². The molecule has 0 bridgehead atoms. The van der Waals surface area contributed by atoms with Gasteiger partial charge < -0.3 is 0 Å². The fourth-order valence-corrected chi connectivity index (χ4v) is 6.91. The summed E-state index contributed by atoms with van der Waals surface area (Å²) in [6.45, 7) is 0. The Morgan fingerprint density at radius 3 is 1.50 bits per heavy atom. The van der Waals surface area contributed by atoms with E-state index in [0.29, 0.717) is 20.2 Å². The number of rotatable bonds is 6. The van der Waals surface area contributed by atoms with E-state index < -0.39 is 31.6 Å². The van der Waals surface area contributed by atoms with Gasteiger partial charge in [0.05, 0.1) is 11.1 Å². The monoisotopic (exact) mass is 652 g/mol. The number of thiophene rings is 2. The largest absolute Gasteiger partial charge is 0.390 e. The molecule has 0 N–H and O–H groups in total. The Morgan fingerprint density at radius 2 is 1.15 bits per heavy atom. The molecule has 0 saturated carbocycles. The van der Waals surface area contributed by atoms with Crippen molar-refractivity contribution in [1.82, 2.24) is 0 Å². The van der Waals surface area contributed by atoms with Crippen molar-refractivity contribution in [2.75, 3.05) is 0 Å². The summed E-state index contributed by atoms with van der Waals surface area (Å²) in [5.74, 6) is 0. The van der Waals surface area contributed by atoms with Gasteiger partial charge in [0.1, 0.15) is 21.9 Å². The highest BCUT2D eigenvalue weighted by atomic mass is 79.9. The molecule has 0 fully saturated rings. The van der Waals surface area contributed by atoms with E-state index in [0.717, 1.165) is 34.8 Å². The van der Waals surface area contributed by atoms with Gasteiger partial charge in [0.25, 0.3) is 0 Å². The minimum absolute atomic E-state index is 0.128. The van der Waals surface area contributed by atoms with Gasteiger partial charge in [-0.25, -0.2) is 9.05 Å². The smallest absolute Gasteiger partial charge is 0.263 e. The molecule has 174 valence electrons. The highest BCUT2D eigenvalue weighted by molar-refractivity contribution is 9.10. The summed E-state index contributed by atoms with van der Waals surface area (Å²) in [7, 11) is -4.43. The van der Waals surface area contributed by atoms with Gasteiger partial charge in [0.15, 0.2) is 0 Å². The van der Waals surface area contributed by atoms with Crippen molar-refractivity contribution >= 4 is 83.0 Å². The van der Waals surface area contributed by atoms with Crippen molar-refractivity contribution in [3.63, 3.8) is 0 Å². The van der Waals surface area contributed by atoms with Gasteiger partial charge >= 0.3 is 20.5 Å². The third-order valence-electron chi connectivity index (χ3n) is 4.48. The summed E-state index contributed by atoms with van der Waals surface area (Å²) in [6, 6.07) is 11.2. The van der Waals surface area contributed by atoms with Gasteiger partial charge in [-0.2, -0.15) is 28.1 Å². The lowest BCUT2D eigenvalue weighted by molar-refractivity contribution is -0.220. The van der Waals surface area contributed by atoms with Crippen LogP contribution in [0.15, 0.2) is 45.3 Å². The second-order valence-corrected chi connectivity index (χ2v) is 11.5. The topological polar surface area (TPSA) is 83.1 Å². The first-order valence-electron chi connectivity index (χ1n) is 8.88. The second kappa shape index (κ2) is 9.32. The molecule has 0 unspecified atom stereocenters. The van der Waals surface area contributed by atoms with Crippen LogP contribution in [-0.4, -0.2) is 0 Å². The maximum absolute atomic E-state index is 14.7. The molecule has 34 heavy (non-hydrogen) atoms. The molecule has 0 radical (unpaired) electrons. The van der Waals surface area contributed by atoms with Crippen molar-refractivity contribution in [3.8, 4) is 12.1 Å². The van der Waals surface area contributed by atoms with Crippen LogP contribution in [0.3, 0.4) is 0 Å². The lowest BCUT2D eigenvalue weighted by Crippen LogP contribution is -2.19. The summed E-state index contributed by atoms with van der Waals surface area (Å²) < 4.78 is 80.2. The fraction of sp³-hybridized carbons (Fsp3) is 0.100. The summed E-state index contributed by atoms with van der Waals surface area (Å²) >= 11 is 8.09. The molecule has 0 spiro atoms. The molecule has 2 aromatic heterocycles. The molecule has 0 aliphatic carbocycles. The van der Waals surface area contributed by atoms with Crippen LogP contribution in [0.5, 0.6) is 0 Å². The Hall–Kier alpha value is -1.83. The van der Waals surface area contributed by atoms with E-state index in [2.05, 4.69) is 40.9 Å². The van der Waals surface area contributed by atoms with Gasteiger partial charge in [-0.1, -0.05) is 31.9 Å². The molecule has 0 aliphatic heterocycles. The van der Waals surface area contributed by atoms with Crippen molar-refractivity contribution in [2.24, 2.45) is 0 Å². The molecule has 5 nitrogen and oxygen atoms in total. The van der Waals surface area contributed by atoms with E-state index in [-0.39, 0.29) is 18.7 Å². The van der Waals surface area contributed by atoms with Gasteiger partial charge in [0, 0.05) is 18.3 Å². The lowest BCUT2D eigenvalue weighted by atomic mass is 10.1. The molecule has 4 aromatic rings. The number of hydrogen-bond donors (Lipinski definition) is 0. The third-order valence-corrected chi connectivity index (χ3v) is 8.65. The van der Waals surface area contributed by atoms with Crippen molar-refractivity contribution in [2.45, 2.75) is 12.2 Å². The number of nitriles is 2. The average Bonchev–Trinajstić information content (AvgIpc) is 3.33. The predicted molar refractivity (Wildman–Crippen MR) is 127 cm³/mol. The normalized spacial score (nSPS) is 12.4. The van der Waals surface area contributed by atoms with E-state index in [1.165, 1.54) is 24.3 Å². The Labute approximate surface area is 214 Å². The molecule has 0 amide bonds. The van der Waals surface area contributed by atoms with Crippen molar-refractivity contribution in [1.29, 1.82) is 10.5 Å². The maximum Gasteiger partial charge on any atom is 0.390 e. The van der Waals surface area contributed by atoms with E-state index in [1.807, 2.05) is 12.1 Å². The average molecular weight is 654 g/mol. The highest BCUT2D eigenvalue weighted by Gasteiger charge is 2.43. The van der Waals surface area contributed by atoms with Crippen molar-refractivity contribution < 1.29 is 31.2 Å². The Bertz CT molecular complexity index is 1450. The quantitative estimate of drug-likeness (QED) is 0.154. The number of fused-ring (bicyclic) bond motifs is 2. The minimum atomic E-state index is -4.43. The number of hydrogen-bond acceptors (Lipinski definition) is 7. The SMILES string of the molecule is N#Cc1cc2cc(C(F)(F)O[PH](=O)OC(F)(F)c3cc4cc(C#N)sc4cc3Br)c(Br)cc2s1. The van der Waals surface area contributed by atoms with Crippen LogP contribution in [0.2, 0.25) is 0 Å². The van der Waals surface area contributed by atoms with Gasteiger partial charge in [-0.15, -0.1) is 22.7 Å². The van der Waals surface area contributed by atoms with E-state index in [9.17, 15) is 22.1 Å². The van der Waals surface area contributed by atoms with Gasteiger partial charge in [-0.3, -0.25) is 4.57 Å². The van der Waals surface area contributed by atoms with E-state index in [4.69, 9.17) is 10.5 Å². The summed E-state index contributed by atoms with van der Waals surface area (Å²) in [4.78, 5) is 0.574. The molecule has 0 aliphatic rings. The van der Waals surface area contributed by atoms with Crippen molar-refractivity contribution in [3.05, 3.63) is 66.2 Å². The minimum Gasteiger partial charge on any atom is -0.263 e. The zero-order valence-electron chi connectivity index (χ0n) is 16.2. The fourth-order valence-electron chi connectivity index (χ4n) is 3.02. The summed E-state index contributed by atoms with van der Waals surface area (Å²) in [6.07, 6.45) is -8.49. The van der Waals surface area contributed by atoms with E-state index >= 15 is 0 Å². The number of benzene rings is 2. The van der Waals surface area contributed by atoms with Crippen LogP contribution in [-0.2, 0) is 25.8 Å². The molecule has 0 saturated heterocycles. The van der Waals surface area contributed by atoms with Crippen LogP contribution in [0.4, 0.5) is 17.6 Å². The molecule has 14 heteroatoms. The first-order chi connectivity index (χ1) is 15.9. The second-order valence-electron chi connectivity index (χ2n) is 6.67. The first kappa shape index (κ1) is 25.3. The number of halogens is 6. The molecule has 4 rings (SSSR count). The van der Waals surface area contributed by atoms with Gasteiger partial charge in [0.2, 0.25) is 0 Å². The highest BCUT2D eigenvalue weighted by Crippen LogP contribution is 2.50. The summed E-state index contributed by atoms with van der Waals surface area (Å²) in [5, 5.41) is 18.6. The Balaban J connectivity index is 1.59. The van der Waals surface area contributed by atoms with Crippen LogP contribution in [0.25, 0.3) is 20.2 Å². The van der Waals surface area contributed by atoms with Crippen LogP contribution in [0.1, 0.15) is 20.9 Å². The maximum atomic E-state index is 14.7. The molecular weight excluding hydrogens is 647 g/mol. The van der Waals surface area contributed by atoms with Crippen LogP contribution in [0, 0.1) is 22.7 Å². The molecular formula is C20H7Br2F4N2O3PS2. The molecule has 2 aromatic carbocycles. The molecule has 2 heterocycles. The number of alkyl halides is 4.